The number of hydrogen-bond donors (Lipinski definition) is 1. The van der Waals surface area contributed by atoms with Crippen LogP contribution in [0.25, 0.3) is 0 Å². The number of rotatable bonds is 3. The highest BCUT2D eigenvalue weighted by atomic mass is 35.5. The first-order valence-electron chi connectivity index (χ1n) is 9.50. The number of ether oxygens (including phenoxy) is 2. The van der Waals surface area contributed by atoms with E-state index in [0.29, 0.717) is 36.5 Å². The topological polar surface area (TPSA) is 62.2 Å². The summed E-state index contributed by atoms with van der Waals surface area (Å²) >= 11 is 12.2. The van der Waals surface area contributed by atoms with E-state index in [-0.39, 0.29) is 35.1 Å². The number of benzene rings is 2. The van der Waals surface area contributed by atoms with Crippen LogP contribution in [0.15, 0.2) is 36.4 Å². The lowest BCUT2D eigenvalue weighted by Crippen LogP contribution is -2.63. The van der Waals surface area contributed by atoms with Gasteiger partial charge in [-0.15, -0.1) is 0 Å². The summed E-state index contributed by atoms with van der Waals surface area (Å²) in [6.07, 6.45) is 0. The molecule has 0 spiro atoms. The Morgan fingerprint density at radius 2 is 2.10 bits per heavy atom. The Hall–Kier alpha value is -1.90. The van der Waals surface area contributed by atoms with Gasteiger partial charge in [-0.3, -0.25) is 9.69 Å². The van der Waals surface area contributed by atoms with Crippen LogP contribution in [0.4, 0.5) is 4.39 Å². The third-order valence-corrected chi connectivity index (χ3v) is 6.29. The second-order valence-corrected chi connectivity index (χ2v) is 8.21. The molecule has 160 valence electrons. The molecule has 9 heteroatoms. The predicted octanol–water partition coefficient (Wildman–Crippen LogP) is 3.14. The lowest BCUT2D eigenvalue weighted by atomic mass is 10.00. The normalized spacial score (nSPS) is 24.4. The molecule has 30 heavy (non-hydrogen) atoms. The fraction of sp³-hybridized carbons (Fsp3) is 0.381. The molecule has 0 aliphatic carbocycles. The highest BCUT2D eigenvalue weighted by Crippen LogP contribution is 2.34. The summed E-state index contributed by atoms with van der Waals surface area (Å²) in [6, 6.07) is 9.07. The summed E-state index contributed by atoms with van der Waals surface area (Å²) in [5.74, 6) is -1.87. The van der Waals surface area contributed by atoms with Gasteiger partial charge in [0.15, 0.2) is 0 Å². The van der Waals surface area contributed by atoms with Crippen LogP contribution >= 0.6 is 23.2 Å². The van der Waals surface area contributed by atoms with Gasteiger partial charge in [-0.25, -0.2) is 4.39 Å². The third kappa shape index (κ3) is 3.88. The Bertz CT molecular complexity index is 976. The fourth-order valence-electron chi connectivity index (χ4n) is 3.92. The first-order valence-corrected chi connectivity index (χ1v) is 10.3. The van der Waals surface area contributed by atoms with E-state index < -0.39 is 11.6 Å². The summed E-state index contributed by atoms with van der Waals surface area (Å²) < 4.78 is 24.4. The van der Waals surface area contributed by atoms with Crippen LogP contribution in [0.1, 0.15) is 15.9 Å². The van der Waals surface area contributed by atoms with Crippen LogP contribution in [0.2, 0.25) is 10.0 Å². The number of nitrogens with zero attached hydrogens (tertiary/aromatic N) is 2. The molecule has 2 aromatic carbocycles. The molecule has 6 nitrogen and oxygen atoms in total. The van der Waals surface area contributed by atoms with Gasteiger partial charge < -0.3 is 19.5 Å². The molecule has 0 saturated carbocycles. The standard InChI is InChI=1S/C21H21Cl2FN2O4/c1-29-18-4-2-3-15(19(18)23)20(27)25-7-8-26-12-21(28,30-11-14(26)10-25)13-5-6-17(24)16(22)9-13/h2-6,9,14,28H,7-8,10-12H2,1H3/t14-,21-/m0/s1. The molecule has 4 rings (SSSR count). The van der Waals surface area contributed by atoms with Crippen LogP contribution in [0.5, 0.6) is 5.75 Å². The first kappa shape index (κ1) is 21.3. The number of piperazine rings is 1. The maximum absolute atomic E-state index is 13.5. The number of hydrogen-bond acceptors (Lipinski definition) is 5. The number of morpholine rings is 1. The van der Waals surface area contributed by atoms with Crippen LogP contribution in [0.3, 0.4) is 0 Å². The summed E-state index contributed by atoms with van der Waals surface area (Å²) in [5, 5.41) is 11.2. The molecule has 2 aromatic rings. The molecule has 0 radical (unpaired) electrons. The summed E-state index contributed by atoms with van der Waals surface area (Å²) in [4.78, 5) is 16.8. The van der Waals surface area contributed by atoms with Gasteiger partial charge in [0.25, 0.3) is 5.91 Å². The SMILES string of the molecule is COc1cccc(C(=O)N2CCN3C[C@@](O)(c4ccc(F)c(Cl)c4)OC[C@@H]3C2)c1Cl. The molecule has 2 aliphatic heterocycles. The van der Waals surface area contributed by atoms with E-state index in [0.717, 1.165) is 0 Å². The van der Waals surface area contributed by atoms with Crippen molar-refractivity contribution in [3.63, 3.8) is 0 Å². The Kier molecular flexibility index (Phi) is 5.92. The van der Waals surface area contributed by atoms with Crippen molar-refractivity contribution in [1.29, 1.82) is 0 Å². The van der Waals surface area contributed by atoms with Gasteiger partial charge in [0, 0.05) is 25.2 Å². The molecule has 0 bridgehead atoms. The van der Waals surface area contributed by atoms with Gasteiger partial charge >= 0.3 is 0 Å². The van der Waals surface area contributed by atoms with E-state index in [1.54, 1.807) is 23.1 Å². The van der Waals surface area contributed by atoms with Crippen LogP contribution in [-0.2, 0) is 10.5 Å². The van der Waals surface area contributed by atoms with Gasteiger partial charge in [0.1, 0.15) is 11.6 Å². The predicted molar refractivity (Wildman–Crippen MR) is 111 cm³/mol. The highest BCUT2D eigenvalue weighted by molar-refractivity contribution is 6.35. The fourth-order valence-corrected chi connectivity index (χ4v) is 4.38. The molecular weight excluding hydrogens is 434 g/mol. The molecule has 2 aliphatic rings. The minimum Gasteiger partial charge on any atom is -0.495 e. The van der Waals surface area contributed by atoms with Gasteiger partial charge in [0.2, 0.25) is 5.79 Å². The molecule has 2 atom stereocenters. The number of amides is 1. The Balaban J connectivity index is 1.47. The second kappa shape index (κ2) is 8.32. The zero-order valence-electron chi connectivity index (χ0n) is 16.3. The van der Waals surface area contributed by atoms with Gasteiger partial charge in [-0.1, -0.05) is 35.3 Å². The summed E-state index contributed by atoms with van der Waals surface area (Å²) in [6.45, 7) is 1.87. The zero-order valence-corrected chi connectivity index (χ0v) is 17.8. The van der Waals surface area contributed by atoms with Crippen molar-refractivity contribution in [3.05, 3.63) is 63.4 Å². The van der Waals surface area contributed by atoms with Crippen molar-refractivity contribution in [1.82, 2.24) is 9.80 Å². The number of fused-ring (bicyclic) bond motifs is 1. The van der Waals surface area contributed by atoms with Crippen molar-refractivity contribution in [2.24, 2.45) is 0 Å². The van der Waals surface area contributed by atoms with Crippen LogP contribution in [0, 0.1) is 5.82 Å². The molecule has 1 N–H and O–H groups in total. The van der Waals surface area contributed by atoms with E-state index >= 15 is 0 Å². The largest absolute Gasteiger partial charge is 0.495 e. The maximum atomic E-state index is 13.5. The molecular formula is C21H21Cl2FN2O4. The van der Waals surface area contributed by atoms with Crippen molar-refractivity contribution < 1.29 is 23.8 Å². The number of carbonyl (C=O) groups is 1. The number of aliphatic hydroxyl groups is 1. The second-order valence-electron chi connectivity index (χ2n) is 7.42. The van der Waals surface area contributed by atoms with E-state index in [4.69, 9.17) is 32.7 Å². The monoisotopic (exact) mass is 454 g/mol. The van der Waals surface area contributed by atoms with Crippen LogP contribution in [-0.4, -0.2) is 66.8 Å². The summed E-state index contributed by atoms with van der Waals surface area (Å²) in [7, 11) is 1.50. The van der Waals surface area contributed by atoms with Crippen molar-refractivity contribution in [2.75, 3.05) is 39.9 Å². The van der Waals surface area contributed by atoms with Crippen molar-refractivity contribution in [3.8, 4) is 5.75 Å². The smallest absolute Gasteiger partial charge is 0.255 e. The molecule has 2 fully saturated rings. The maximum Gasteiger partial charge on any atom is 0.255 e. The number of halogens is 3. The first-order chi connectivity index (χ1) is 14.3. The third-order valence-electron chi connectivity index (χ3n) is 5.61. The lowest BCUT2D eigenvalue weighted by molar-refractivity contribution is -0.265. The summed E-state index contributed by atoms with van der Waals surface area (Å²) in [5.41, 5.74) is 0.785. The Morgan fingerprint density at radius 3 is 2.83 bits per heavy atom. The molecule has 0 aromatic heterocycles. The highest BCUT2D eigenvalue weighted by Gasteiger charge is 2.43. The molecule has 0 unspecified atom stereocenters. The number of carbonyl (C=O) groups excluding carboxylic acids is 1. The van der Waals surface area contributed by atoms with E-state index in [2.05, 4.69) is 4.90 Å². The Labute approximate surface area is 183 Å². The zero-order chi connectivity index (χ0) is 21.5. The van der Waals surface area contributed by atoms with Crippen molar-refractivity contribution >= 4 is 29.1 Å². The Morgan fingerprint density at radius 1 is 1.30 bits per heavy atom. The van der Waals surface area contributed by atoms with Gasteiger partial charge in [0.05, 0.1) is 41.9 Å². The van der Waals surface area contributed by atoms with Gasteiger partial charge in [-0.05, 0) is 24.3 Å². The minimum absolute atomic E-state index is 0.0720. The van der Waals surface area contributed by atoms with E-state index in [1.165, 1.54) is 25.3 Å². The quantitative estimate of drug-likeness (QED) is 0.771. The van der Waals surface area contributed by atoms with Crippen molar-refractivity contribution in [2.45, 2.75) is 11.8 Å². The molecule has 1 amide bonds. The average molecular weight is 455 g/mol. The van der Waals surface area contributed by atoms with Gasteiger partial charge in [-0.2, -0.15) is 0 Å². The van der Waals surface area contributed by atoms with E-state index in [1.807, 2.05) is 0 Å². The molecule has 2 heterocycles. The minimum atomic E-state index is -1.59. The number of methoxy groups -OCH3 is 1. The lowest BCUT2D eigenvalue weighted by Gasteiger charge is -2.48. The average Bonchev–Trinajstić information content (AvgIpc) is 2.75. The van der Waals surface area contributed by atoms with E-state index in [9.17, 15) is 14.3 Å². The molecule has 2 saturated heterocycles. The van der Waals surface area contributed by atoms with Crippen LogP contribution < -0.4 is 4.74 Å².